The molecule has 2 rings (SSSR count). The van der Waals surface area contributed by atoms with Gasteiger partial charge in [-0.1, -0.05) is 12.5 Å². The normalized spacial score (nSPS) is 16.2. The Balaban J connectivity index is 2.03. The van der Waals surface area contributed by atoms with Crippen molar-refractivity contribution >= 4 is 21.7 Å². The molecule has 17 heavy (non-hydrogen) atoms. The highest BCUT2D eigenvalue weighted by Crippen LogP contribution is 2.19. The maximum atomic E-state index is 12.1. The number of allylic oxidation sites excluding steroid dienone is 2. The monoisotopic (exact) mass is 293 g/mol. The van der Waals surface area contributed by atoms with Gasteiger partial charge in [0.1, 0.15) is 0 Å². The van der Waals surface area contributed by atoms with E-state index < -0.39 is 0 Å². The van der Waals surface area contributed by atoms with Crippen LogP contribution in [0.2, 0.25) is 0 Å². The van der Waals surface area contributed by atoms with Gasteiger partial charge in [0.2, 0.25) is 0 Å². The Hall–Kier alpha value is -0.960. The van der Waals surface area contributed by atoms with Gasteiger partial charge in [-0.15, -0.1) is 0 Å². The van der Waals surface area contributed by atoms with Crippen molar-refractivity contribution in [2.24, 2.45) is 0 Å². The van der Waals surface area contributed by atoms with E-state index in [1.165, 1.54) is 12.8 Å². The first kappa shape index (κ1) is 12.5. The van der Waals surface area contributed by atoms with Crippen molar-refractivity contribution in [2.45, 2.75) is 38.5 Å². The highest BCUT2D eigenvalue weighted by Gasteiger charge is 2.12. The van der Waals surface area contributed by atoms with Crippen LogP contribution in [-0.2, 0) is 11.2 Å². The van der Waals surface area contributed by atoms with Crippen molar-refractivity contribution in [1.29, 1.82) is 0 Å². The molecule has 0 fully saturated rings. The van der Waals surface area contributed by atoms with Crippen LogP contribution in [0.3, 0.4) is 0 Å². The number of carbonyl (C=O) groups is 1. The molecule has 0 saturated heterocycles. The predicted octanol–water partition coefficient (Wildman–Crippen LogP) is 3.85. The second-order valence-electron chi connectivity index (χ2n) is 4.44. The lowest BCUT2D eigenvalue weighted by Crippen LogP contribution is -2.06. The van der Waals surface area contributed by atoms with E-state index in [2.05, 4.69) is 27.0 Å². The fourth-order valence-corrected chi connectivity index (χ4v) is 2.53. The summed E-state index contributed by atoms with van der Waals surface area (Å²) >= 11 is 3.37. The van der Waals surface area contributed by atoms with Crippen LogP contribution >= 0.6 is 15.9 Å². The van der Waals surface area contributed by atoms with Crippen LogP contribution in [0.4, 0.5) is 0 Å². The predicted molar refractivity (Wildman–Crippen MR) is 71.8 cm³/mol. The number of aromatic nitrogens is 1. The van der Waals surface area contributed by atoms with Gasteiger partial charge in [-0.2, -0.15) is 0 Å². The van der Waals surface area contributed by atoms with E-state index in [1.54, 1.807) is 12.4 Å². The fraction of sp³-hybridized carbons (Fsp3) is 0.429. The molecule has 0 aromatic carbocycles. The zero-order chi connectivity index (χ0) is 12.1. The van der Waals surface area contributed by atoms with E-state index in [-0.39, 0.29) is 5.78 Å². The molecule has 1 aliphatic rings. The molecule has 1 heterocycles. The zero-order valence-electron chi connectivity index (χ0n) is 9.79. The maximum absolute atomic E-state index is 12.1. The van der Waals surface area contributed by atoms with Gasteiger partial charge < -0.3 is 0 Å². The molecule has 1 aliphatic carbocycles. The van der Waals surface area contributed by atoms with Gasteiger partial charge in [0.05, 0.1) is 0 Å². The molecular formula is C14H16BrNO. The summed E-state index contributed by atoms with van der Waals surface area (Å²) in [6, 6.07) is 1.96. The van der Waals surface area contributed by atoms with Crippen LogP contribution in [0.5, 0.6) is 0 Å². The Morgan fingerprint density at radius 2 is 2.18 bits per heavy atom. The summed E-state index contributed by atoms with van der Waals surface area (Å²) in [4.78, 5) is 16.2. The number of Topliss-reactive ketones (excluding diaryl/α,β-unsaturated/α-hetero) is 1. The van der Waals surface area contributed by atoms with Crippen LogP contribution < -0.4 is 0 Å². The molecule has 0 atom stereocenters. The third kappa shape index (κ3) is 3.77. The Bertz CT molecular complexity index is 440. The second-order valence-corrected chi connectivity index (χ2v) is 5.36. The first-order valence-electron chi connectivity index (χ1n) is 6.07. The number of pyridine rings is 1. The number of carbonyl (C=O) groups excluding carboxylic acids is 1. The average molecular weight is 294 g/mol. The first-order valence-corrected chi connectivity index (χ1v) is 6.86. The fourth-order valence-electron chi connectivity index (χ4n) is 2.12. The largest absolute Gasteiger partial charge is 0.294 e. The molecule has 1 aromatic heterocycles. The van der Waals surface area contributed by atoms with Crippen LogP contribution in [0.15, 0.2) is 34.6 Å². The number of ketones is 1. The molecule has 90 valence electrons. The highest BCUT2D eigenvalue weighted by atomic mass is 79.9. The van der Waals surface area contributed by atoms with Crippen molar-refractivity contribution < 1.29 is 4.79 Å². The summed E-state index contributed by atoms with van der Waals surface area (Å²) in [7, 11) is 0. The van der Waals surface area contributed by atoms with Crippen molar-refractivity contribution in [3.8, 4) is 0 Å². The van der Waals surface area contributed by atoms with E-state index >= 15 is 0 Å². The lowest BCUT2D eigenvalue weighted by molar-refractivity contribution is -0.115. The molecule has 0 unspecified atom stereocenters. The molecule has 0 spiro atoms. The van der Waals surface area contributed by atoms with Gasteiger partial charge in [0.25, 0.3) is 0 Å². The molecule has 0 radical (unpaired) electrons. The van der Waals surface area contributed by atoms with Crippen molar-refractivity contribution in [2.75, 3.05) is 0 Å². The lowest BCUT2D eigenvalue weighted by atomic mass is 10.0. The standard InChI is InChI=1S/C14H16BrNO/c15-13-7-11(9-16-10-13)8-14(17)12-5-3-1-2-4-6-12/h5,7,9-10H,1-4,6,8H2. The molecule has 0 amide bonds. The summed E-state index contributed by atoms with van der Waals surface area (Å²) in [5.74, 6) is 0.256. The minimum atomic E-state index is 0.256. The molecule has 0 N–H and O–H groups in total. The van der Waals surface area contributed by atoms with Gasteiger partial charge in [-0.25, -0.2) is 0 Å². The van der Waals surface area contributed by atoms with Crippen LogP contribution in [-0.4, -0.2) is 10.8 Å². The minimum absolute atomic E-state index is 0.256. The summed E-state index contributed by atoms with van der Waals surface area (Å²) in [5.41, 5.74) is 2.00. The van der Waals surface area contributed by atoms with Gasteiger partial charge in [-0.05, 0) is 58.8 Å². The molecule has 0 bridgehead atoms. The van der Waals surface area contributed by atoms with Gasteiger partial charge in [0.15, 0.2) is 5.78 Å². The summed E-state index contributed by atoms with van der Waals surface area (Å²) in [6.07, 6.45) is 11.7. The Morgan fingerprint density at radius 1 is 1.29 bits per heavy atom. The quantitative estimate of drug-likeness (QED) is 0.847. The van der Waals surface area contributed by atoms with Crippen molar-refractivity contribution in [3.05, 3.63) is 40.1 Å². The second kappa shape index (κ2) is 6.10. The number of nitrogens with zero attached hydrogens (tertiary/aromatic N) is 1. The van der Waals surface area contributed by atoms with Gasteiger partial charge >= 0.3 is 0 Å². The van der Waals surface area contributed by atoms with Crippen LogP contribution in [0.1, 0.15) is 37.7 Å². The van der Waals surface area contributed by atoms with Crippen LogP contribution in [0, 0.1) is 0 Å². The molecule has 1 aromatic rings. The molecule has 3 heteroatoms. The number of hydrogen-bond acceptors (Lipinski definition) is 2. The van der Waals surface area contributed by atoms with Gasteiger partial charge in [-0.3, -0.25) is 9.78 Å². The third-order valence-electron chi connectivity index (χ3n) is 3.03. The molecule has 0 aliphatic heterocycles. The highest BCUT2D eigenvalue weighted by molar-refractivity contribution is 9.10. The first-order chi connectivity index (χ1) is 8.25. The molecule has 2 nitrogen and oxygen atoms in total. The lowest BCUT2D eigenvalue weighted by Gasteiger charge is -2.04. The zero-order valence-corrected chi connectivity index (χ0v) is 11.4. The average Bonchev–Trinajstić information content (AvgIpc) is 2.57. The smallest absolute Gasteiger partial charge is 0.162 e. The Labute approximate surface area is 110 Å². The van der Waals surface area contributed by atoms with E-state index in [1.807, 2.05) is 6.07 Å². The number of halogens is 1. The summed E-state index contributed by atoms with van der Waals surface area (Å²) in [6.45, 7) is 0. The summed E-state index contributed by atoms with van der Waals surface area (Å²) < 4.78 is 0.928. The topological polar surface area (TPSA) is 30.0 Å². The van der Waals surface area contributed by atoms with Crippen molar-refractivity contribution in [1.82, 2.24) is 4.98 Å². The molecule has 0 saturated carbocycles. The van der Waals surface area contributed by atoms with E-state index in [0.717, 1.165) is 34.9 Å². The Morgan fingerprint density at radius 3 is 3.00 bits per heavy atom. The summed E-state index contributed by atoms with van der Waals surface area (Å²) in [5, 5.41) is 0. The van der Waals surface area contributed by atoms with Gasteiger partial charge in [0, 0.05) is 23.3 Å². The number of hydrogen-bond donors (Lipinski definition) is 0. The number of rotatable bonds is 3. The van der Waals surface area contributed by atoms with E-state index in [9.17, 15) is 4.79 Å². The van der Waals surface area contributed by atoms with Crippen molar-refractivity contribution in [3.63, 3.8) is 0 Å². The Kier molecular flexibility index (Phi) is 4.49. The maximum Gasteiger partial charge on any atom is 0.162 e. The van der Waals surface area contributed by atoms with E-state index in [0.29, 0.717) is 6.42 Å². The third-order valence-corrected chi connectivity index (χ3v) is 3.46. The van der Waals surface area contributed by atoms with E-state index in [4.69, 9.17) is 0 Å². The SMILES string of the molecule is O=C(Cc1cncc(Br)c1)C1=CCCCCC1. The minimum Gasteiger partial charge on any atom is -0.294 e. The van der Waals surface area contributed by atoms with Crippen LogP contribution in [0.25, 0.3) is 0 Å². The molecular weight excluding hydrogens is 278 g/mol.